The average molecular weight is 192 g/mol. The molecule has 0 aromatic heterocycles. The Hall–Kier alpha value is -0.220. The quantitative estimate of drug-likeness (QED) is 0.703. The molecule has 0 aliphatic carbocycles. The second-order valence-electron chi connectivity index (χ2n) is 3.85. The van der Waals surface area contributed by atoms with Gasteiger partial charge in [0.25, 0.3) is 5.92 Å². The first kappa shape index (κ1) is 10.9. The number of hydrogen-bond acceptors (Lipinski definition) is 2. The highest BCUT2D eigenvalue weighted by Gasteiger charge is 2.35. The molecule has 0 radical (unpaired) electrons. The summed E-state index contributed by atoms with van der Waals surface area (Å²) in [4.78, 5) is 1.82. The lowest BCUT2D eigenvalue weighted by Crippen LogP contribution is -2.53. The molecule has 0 saturated carbocycles. The van der Waals surface area contributed by atoms with Crippen LogP contribution in [0.5, 0.6) is 0 Å². The van der Waals surface area contributed by atoms with E-state index in [0.29, 0.717) is 5.92 Å². The predicted octanol–water partition coefficient (Wildman–Crippen LogP) is 1.18. The van der Waals surface area contributed by atoms with Crippen molar-refractivity contribution in [3.05, 3.63) is 0 Å². The molecule has 0 amide bonds. The molecule has 78 valence electrons. The zero-order valence-electron chi connectivity index (χ0n) is 8.32. The number of alkyl halides is 2. The minimum atomic E-state index is -2.58. The lowest BCUT2D eigenvalue weighted by atomic mass is 9.97. The first-order chi connectivity index (χ1) is 6.07. The van der Waals surface area contributed by atoms with E-state index >= 15 is 0 Å². The van der Waals surface area contributed by atoms with Crippen molar-refractivity contribution in [1.82, 2.24) is 10.2 Å². The van der Waals surface area contributed by atoms with Gasteiger partial charge < -0.3 is 5.32 Å². The lowest BCUT2D eigenvalue weighted by molar-refractivity contribution is -0.0576. The molecule has 2 nitrogen and oxygen atoms in total. The Morgan fingerprint density at radius 3 is 2.54 bits per heavy atom. The highest BCUT2D eigenvalue weighted by molar-refractivity contribution is 4.83. The predicted molar refractivity (Wildman–Crippen MR) is 49.1 cm³/mol. The third-order valence-electron chi connectivity index (χ3n) is 2.50. The Bertz CT molecular complexity index is 156. The second kappa shape index (κ2) is 4.33. The molecule has 1 heterocycles. The number of rotatable bonds is 5. The molecule has 0 aromatic carbocycles. The summed E-state index contributed by atoms with van der Waals surface area (Å²) in [7, 11) is 1.55. The van der Waals surface area contributed by atoms with Crippen LogP contribution in [0.2, 0.25) is 0 Å². The van der Waals surface area contributed by atoms with Crippen LogP contribution < -0.4 is 5.32 Å². The van der Waals surface area contributed by atoms with Crippen molar-refractivity contribution >= 4 is 0 Å². The van der Waals surface area contributed by atoms with Gasteiger partial charge in [0.15, 0.2) is 0 Å². The summed E-state index contributed by atoms with van der Waals surface area (Å²) < 4.78 is 26.0. The van der Waals surface area contributed by atoms with Crippen molar-refractivity contribution in [2.45, 2.75) is 19.3 Å². The number of nitrogens with one attached hydrogen (secondary N) is 1. The zero-order valence-corrected chi connectivity index (χ0v) is 8.32. The van der Waals surface area contributed by atoms with E-state index in [9.17, 15) is 8.78 Å². The van der Waals surface area contributed by atoms with Gasteiger partial charge in [0.2, 0.25) is 0 Å². The topological polar surface area (TPSA) is 15.3 Å². The van der Waals surface area contributed by atoms with Gasteiger partial charge in [-0.1, -0.05) is 13.3 Å². The summed E-state index contributed by atoms with van der Waals surface area (Å²) in [5, 5.41) is 2.51. The normalized spacial score (nSPS) is 20.3. The van der Waals surface area contributed by atoms with Gasteiger partial charge in [0.05, 0.1) is 13.1 Å². The molecular formula is C9H18F2N2. The van der Waals surface area contributed by atoms with Crippen LogP contribution in [-0.2, 0) is 0 Å². The van der Waals surface area contributed by atoms with Crippen molar-refractivity contribution in [1.29, 1.82) is 0 Å². The molecule has 1 N–H and O–H groups in total. The van der Waals surface area contributed by atoms with Crippen molar-refractivity contribution < 1.29 is 8.78 Å². The zero-order chi connectivity index (χ0) is 9.90. The molecule has 13 heavy (non-hydrogen) atoms. The molecule has 1 aliphatic rings. The monoisotopic (exact) mass is 192 g/mol. The Morgan fingerprint density at radius 2 is 2.08 bits per heavy atom. The van der Waals surface area contributed by atoms with E-state index in [2.05, 4.69) is 12.2 Å². The second-order valence-corrected chi connectivity index (χ2v) is 3.85. The molecule has 0 aromatic rings. The van der Waals surface area contributed by atoms with E-state index in [4.69, 9.17) is 0 Å². The van der Waals surface area contributed by atoms with Crippen LogP contribution in [0.25, 0.3) is 0 Å². The van der Waals surface area contributed by atoms with Crippen molar-refractivity contribution in [3.63, 3.8) is 0 Å². The largest absolute Gasteiger partial charge is 0.314 e. The molecule has 0 atom stereocenters. The maximum atomic E-state index is 13.0. The van der Waals surface area contributed by atoms with Gasteiger partial charge in [0, 0.05) is 13.1 Å². The first-order valence-electron chi connectivity index (χ1n) is 4.82. The van der Waals surface area contributed by atoms with E-state index in [-0.39, 0.29) is 13.1 Å². The van der Waals surface area contributed by atoms with Crippen LogP contribution in [-0.4, -0.2) is 44.0 Å². The van der Waals surface area contributed by atoms with Crippen LogP contribution >= 0.6 is 0 Å². The molecule has 1 rings (SSSR count). The van der Waals surface area contributed by atoms with Gasteiger partial charge in [-0.2, -0.15) is 0 Å². The molecule has 1 saturated heterocycles. The maximum absolute atomic E-state index is 13.0. The van der Waals surface area contributed by atoms with Gasteiger partial charge in [-0.25, -0.2) is 8.78 Å². The third-order valence-corrected chi connectivity index (χ3v) is 2.50. The highest BCUT2D eigenvalue weighted by Crippen LogP contribution is 2.23. The van der Waals surface area contributed by atoms with Crippen LogP contribution in [0, 0.1) is 5.92 Å². The van der Waals surface area contributed by atoms with Crippen LogP contribution in [0.1, 0.15) is 13.3 Å². The minimum absolute atomic E-state index is 0.0929. The summed E-state index contributed by atoms with van der Waals surface area (Å²) >= 11 is 0. The maximum Gasteiger partial charge on any atom is 0.272 e. The van der Waals surface area contributed by atoms with Gasteiger partial charge in [-0.3, -0.25) is 4.90 Å². The first-order valence-corrected chi connectivity index (χ1v) is 4.82. The SMILES string of the molecule is CCC1CN(CC(F)(F)CNC)C1. The van der Waals surface area contributed by atoms with Crippen molar-refractivity contribution in [3.8, 4) is 0 Å². The third kappa shape index (κ3) is 3.19. The van der Waals surface area contributed by atoms with Gasteiger partial charge in [-0.05, 0) is 13.0 Å². The fourth-order valence-corrected chi connectivity index (χ4v) is 1.71. The Kier molecular flexibility index (Phi) is 3.62. The van der Waals surface area contributed by atoms with E-state index in [1.165, 1.54) is 0 Å². The van der Waals surface area contributed by atoms with Crippen LogP contribution in [0.4, 0.5) is 8.78 Å². The summed E-state index contributed by atoms with van der Waals surface area (Å²) in [6.07, 6.45) is 1.11. The number of nitrogens with zero attached hydrogens (tertiary/aromatic N) is 1. The minimum Gasteiger partial charge on any atom is -0.314 e. The fourth-order valence-electron chi connectivity index (χ4n) is 1.71. The smallest absolute Gasteiger partial charge is 0.272 e. The summed E-state index contributed by atoms with van der Waals surface area (Å²) in [5.41, 5.74) is 0. The summed E-state index contributed by atoms with van der Waals surface area (Å²) in [6, 6.07) is 0. The molecular weight excluding hydrogens is 174 g/mol. The molecule has 0 spiro atoms. The van der Waals surface area contributed by atoms with E-state index in [0.717, 1.165) is 19.5 Å². The Labute approximate surface area is 78.3 Å². The number of likely N-dealkylation sites (tertiary alicyclic amines) is 1. The lowest BCUT2D eigenvalue weighted by Gasteiger charge is -2.40. The molecule has 4 heteroatoms. The highest BCUT2D eigenvalue weighted by atomic mass is 19.3. The van der Waals surface area contributed by atoms with Gasteiger partial charge in [-0.15, -0.1) is 0 Å². The average Bonchev–Trinajstić information content (AvgIpc) is 1.95. The van der Waals surface area contributed by atoms with Crippen LogP contribution in [0.3, 0.4) is 0 Å². The van der Waals surface area contributed by atoms with Gasteiger partial charge in [0.1, 0.15) is 0 Å². The standard InChI is InChI=1S/C9H18F2N2/c1-3-8-4-13(5-8)7-9(10,11)6-12-2/h8,12H,3-7H2,1-2H3. The van der Waals surface area contributed by atoms with E-state index in [1.807, 2.05) is 4.90 Å². The summed E-state index contributed by atoms with van der Waals surface area (Å²) in [5.74, 6) is -1.93. The molecule has 1 aliphatic heterocycles. The van der Waals surface area contributed by atoms with Crippen molar-refractivity contribution in [2.24, 2.45) is 5.92 Å². The number of hydrogen-bond donors (Lipinski definition) is 1. The van der Waals surface area contributed by atoms with Crippen LogP contribution in [0.15, 0.2) is 0 Å². The Balaban J connectivity index is 2.18. The molecule has 0 unspecified atom stereocenters. The van der Waals surface area contributed by atoms with E-state index < -0.39 is 5.92 Å². The van der Waals surface area contributed by atoms with Crippen molar-refractivity contribution in [2.75, 3.05) is 33.2 Å². The van der Waals surface area contributed by atoms with E-state index in [1.54, 1.807) is 7.05 Å². The fraction of sp³-hybridized carbons (Fsp3) is 1.00. The Morgan fingerprint density at radius 1 is 1.46 bits per heavy atom. The number of halogens is 2. The molecule has 1 fully saturated rings. The molecule has 0 bridgehead atoms. The summed E-state index contributed by atoms with van der Waals surface area (Å²) in [6.45, 7) is 3.48. The van der Waals surface area contributed by atoms with Gasteiger partial charge >= 0.3 is 0 Å².